The van der Waals surface area contributed by atoms with Gasteiger partial charge in [-0.3, -0.25) is 4.79 Å². The number of pyridine rings is 1. The van der Waals surface area contributed by atoms with Crippen LogP contribution in [0.15, 0.2) is 12.3 Å². The Morgan fingerprint density at radius 1 is 1.64 bits per heavy atom. The molecule has 1 aromatic rings. The highest BCUT2D eigenvalue weighted by molar-refractivity contribution is 5.95. The molecule has 1 aromatic heterocycles. The average Bonchev–Trinajstić information content (AvgIpc) is 1.85. The van der Waals surface area contributed by atoms with E-state index in [1.54, 1.807) is 6.92 Å². The second-order valence-corrected chi connectivity index (χ2v) is 2.38. The quantitative estimate of drug-likeness (QED) is 0.454. The number of rotatable bonds is 1. The molecule has 0 aliphatic rings. The maximum atomic E-state index is 12.4. The summed E-state index contributed by atoms with van der Waals surface area (Å²) < 4.78 is 12.4. The van der Waals surface area contributed by atoms with E-state index in [0.29, 0.717) is 11.1 Å². The fourth-order valence-electron chi connectivity index (χ4n) is 0.890. The van der Waals surface area contributed by atoms with E-state index in [-0.39, 0.29) is 5.78 Å². The Hall–Kier alpha value is -1.25. The van der Waals surface area contributed by atoms with Crippen LogP contribution in [0.1, 0.15) is 22.8 Å². The monoisotopic (exact) mass is 153 g/mol. The Morgan fingerprint density at radius 2 is 2.27 bits per heavy atom. The Kier molecular flexibility index (Phi) is 1.98. The summed E-state index contributed by atoms with van der Waals surface area (Å²) in [5.41, 5.74) is 1.11. The zero-order chi connectivity index (χ0) is 8.43. The molecule has 0 bridgehead atoms. The summed E-state index contributed by atoms with van der Waals surface area (Å²) in [6.45, 7) is 3.11. The first-order valence-electron chi connectivity index (χ1n) is 3.24. The van der Waals surface area contributed by atoms with Gasteiger partial charge in [0.25, 0.3) is 0 Å². The molecule has 0 aliphatic carbocycles. The molecule has 0 amide bonds. The average molecular weight is 153 g/mol. The van der Waals surface area contributed by atoms with Gasteiger partial charge in [0.05, 0.1) is 0 Å². The number of hydrogen-bond donors (Lipinski definition) is 0. The fraction of sp³-hybridized carbons (Fsp3) is 0.250. The lowest BCUT2D eigenvalue weighted by atomic mass is 10.1. The third-order valence-corrected chi connectivity index (χ3v) is 1.46. The van der Waals surface area contributed by atoms with Gasteiger partial charge in [-0.05, 0) is 25.5 Å². The van der Waals surface area contributed by atoms with Crippen molar-refractivity contribution in [3.63, 3.8) is 0 Å². The Bertz CT molecular complexity index is 296. The number of nitrogens with zero attached hydrogens (tertiary/aromatic N) is 1. The lowest BCUT2D eigenvalue weighted by Crippen LogP contribution is -1.98. The molecular formula is C8H8FNO. The summed E-state index contributed by atoms with van der Waals surface area (Å²) in [5.74, 6) is -0.637. The van der Waals surface area contributed by atoms with E-state index in [2.05, 4.69) is 4.98 Å². The van der Waals surface area contributed by atoms with Crippen molar-refractivity contribution in [2.24, 2.45) is 0 Å². The third-order valence-electron chi connectivity index (χ3n) is 1.46. The molecule has 0 N–H and O–H groups in total. The van der Waals surface area contributed by atoms with E-state index in [9.17, 15) is 9.18 Å². The number of hydrogen-bond acceptors (Lipinski definition) is 2. The van der Waals surface area contributed by atoms with Crippen LogP contribution in [0.3, 0.4) is 0 Å². The topological polar surface area (TPSA) is 30.0 Å². The summed E-state index contributed by atoms with van der Waals surface area (Å²) in [6.07, 6.45) is 1.26. The Balaban J connectivity index is 3.20. The van der Waals surface area contributed by atoms with Gasteiger partial charge < -0.3 is 0 Å². The van der Waals surface area contributed by atoms with E-state index < -0.39 is 5.95 Å². The molecule has 1 heterocycles. The van der Waals surface area contributed by atoms with Gasteiger partial charge in [-0.25, -0.2) is 4.98 Å². The molecule has 0 saturated heterocycles. The molecule has 11 heavy (non-hydrogen) atoms. The van der Waals surface area contributed by atoms with Crippen LogP contribution >= 0.6 is 0 Å². The van der Waals surface area contributed by atoms with Crippen LogP contribution in [0, 0.1) is 12.9 Å². The molecule has 58 valence electrons. The summed E-state index contributed by atoms with van der Waals surface area (Å²) in [5, 5.41) is 0. The van der Waals surface area contributed by atoms with Crippen LogP contribution in [-0.4, -0.2) is 10.8 Å². The summed E-state index contributed by atoms with van der Waals surface area (Å²) in [6, 6.07) is 1.25. The normalized spacial score (nSPS) is 9.73. The number of carbonyl (C=O) groups excluding carboxylic acids is 1. The molecule has 0 fully saturated rings. The van der Waals surface area contributed by atoms with Crippen molar-refractivity contribution in [3.05, 3.63) is 29.3 Å². The largest absolute Gasteiger partial charge is 0.294 e. The van der Waals surface area contributed by atoms with E-state index >= 15 is 0 Å². The van der Waals surface area contributed by atoms with Crippen molar-refractivity contribution in [1.29, 1.82) is 0 Å². The van der Waals surface area contributed by atoms with Crippen molar-refractivity contribution in [3.8, 4) is 0 Å². The predicted octanol–water partition coefficient (Wildman–Crippen LogP) is 1.73. The van der Waals surface area contributed by atoms with Crippen molar-refractivity contribution in [2.75, 3.05) is 0 Å². The number of aryl methyl sites for hydroxylation is 1. The first kappa shape index (κ1) is 7.85. The molecule has 2 nitrogen and oxygen atoms in total. The summed E-state index contributed by atoms with van der Waals surface area (Å²) in [4.78, 5) is 14.2. The van der Waals surface area contributed by atoms with Crippen LogP contribution in [0.5, 0.6) is 0 Å². The minimum atomic E-state index is -0.549. The molecular weight excluding hydrogens is 145 g/mol. The zero-order valence-corrected chi connectivity index (χ0v) is 6.39. The van der Waals surface area contributed by atoms with Crippen LogP contribution < -0.4 is 0 Å². The smallest absolute Gasteiger partial charge is 0.213 e. The lowest BCUT2D eigenvalue weighted by molar-refractivity contribution is 0.101. The second kappa shape index (κ2) is 2.78. The van der Waals surface area contributed by atoms with Gasteiger partial charge in [-0.2, -0.15) is 4.39 Å². The molecule has 0 saturated carbocycles. The molecule has 0 spiro atoms. The van der Waals surface area contributed by atoms with Gasteiger partial charge in [-0.15, -0.1) is 0 Å². The number of carbonyl (C=O) groups is 1. The Morgan fingerprint density at radius 3 is 2.73 bits per heavy atom. The highest BCUT2D eigenvalue weighted by atomic mass is 19.1. The molecule has 0 aromatic carbocycles. The number of aromatic nitrogens is 1. The maximum Gasteiger partial charge on any atom is 0.213 e. The fourth-order valence-corrected chi connectivity index (χ4v) is 0.890. The van der Waals surface area contributed by atoms with Crippen LogP contribution in [0.2, 0.25) is 0 Å². The Labute approximate surface area is 64.1 Å². The minimum Gasteiger partial charge on any atom is -0.294 e. The summed E-state index contributed by atoms with van der Waals surface area (Å²) >= 11 is 0. The van der Waals surface area contributed by atoms with Crippen LogP contribution in [-0.2, 0) is 0 Å². The molecule has 0 radical (unpaired) electrons. The van der Waals surface area contributed by atoms with Crippen molar-refractivity contribution >= 4 is 5.78 Å². The molecule has 1 rings (SSSR count). The second-order valence-electron chi connectivity index (χ2n) is 2.38. The van der Waals surface area contributed by atoms with Gasteiger partial charge in [0, 0.05) is 11.8 Å². The van der Waals surface area contributed by atoms with Crippen LogP contribution in [0.4, 0.5) is 4.39 Å². The van der Waals surface area contributed by atoms with Crippen molar-refractivity contribution in [2.45, 2.75) is 13.8 Å². The van der Waals surface area contributed by atoms with Crippen molar-refractivity contribution in [1.82, 2.24) is 4.98 Å². The minimum absolute atomic E-state index is 0.0880. The van der Waals surface area contributed by atoms with E-state index in [1.165, 1.54) is 19.2 Å². The first-order chi connectivity index (χ1) is 5.11. The molecule has 0 aliphatic heterocycles. The molecule has 3 heteroatoms. The maximum absolute atomic E-state index is 12.4. The number of Topliss-reactive ketones (excluding diaryl/α,β-unsaturated/α-hetero) is 1. The van der Waals surface area contributed by atoms with E-state index in [4.69, 9.17) is 0 Å². The third kappa shape index (κ3) is 1.61. The summed E-state index contributed by atoms with van der Waals surface area (Å²) in [7, 11) is 0. The molecule has 0 unspecified atom stereocenters. The SMILES string of the molecule is CC(=O)c1cnc(F)cc1C. The number of ketones is 1. The standard InChI is InChI=1S/C8H8FNO/c1-5-3-8(9)10-4-7(5)6(2)11/h3-4H,1-2H3. The van der Waals surface area contributed by atoms with Gasteiger partial charge in [-0.1, -0.05) is 0 Å². The lowest BCUT2D eigenvalue weighted by Gasteiger charge is -1.98. The van der Waals surface area contributed by atoms with Crippen LogP contribution in [0.25, 0.3) is 0 Å². The van der Waals surface area contributed by atoms with E-state index in [1.807, 2.05) is 0 Å². The number of halogens is 1. The zero-order valence-electron chi connectivity index (χ0n) is 6.39. The van der Waals surface area contributed by atoms with Gasteiger partial charge in [0.15, 0.2) is 5.78 Å². The first-order valence-corrected chi connectivity index (χ1v) is 3.24. The van der Waals surface area contributed by atoms with Gasteiger partial charge >= 0.3 is 0 Å². The van der Waals surface area contributed by atoms with Gasteiger partial charge in [0.2, 0.25) is 5.95 Å². The predicted molar refractivity (Wildman–Crippen MR) is 38.9 cm³/mol. The highest BCUT2D eigenvalue weighted by Gasteiger charge is 2.04. The molecule has 0 atom stereocenters. The van der Waals surface area contributed by atoms with Crippen molar-refractivity contribution < 1.29 is 9.18 Å². The van der Waals surface area contributed by atoms with Gasteiger partial charge in [0.1, 0.15) is 0 Å². The van der Waals surface area contributed by atoms with E-state index in [0.717, 1.165) is 0 Å². The highest BCUT2D eigenvalue weighted by Crippen LogP contribution is 2.07.